The summed E-state index contributed by atoms with van der Waals surface area (Å²) in [6.07, 6.45) is 1.36. The molecule has 0 aliphatic heterocycles. The molecule has 0 aliphatic rings. The fraction of sp³-hybridized carbons (Fsp3) is 0.417. The zero-order valence-electron chi connectivity index (χ0n) is 10.6. The molecule has 0 saturated carbocycles. The number of aromatic nitrogens is 1. The van der Waals surface area contributed by atoms with E-state index < -0.39 is 5.97 Å². The first-order valence-electron chi connectivity index (χ1n) is 5.41. The van der Waals surface area contributed by atoms with Crippen LogP contribution in [0.25, 0.3) is 0 Å². The number of carbonyl (C=O) groups excluding carboxylic acids is 1. The number of hydrogen-bond acceptors (Lipinski definition) is 4. The van der Waals surface area contributed by atoms with Crippen molar-refractivity contribution in [1.82, 2.24) is 4.98 Å². The van der Waals surface area contributed by atoms with Crippen LogP contribution in [0.4, 0.5) is 5.69 Å². The van der Waals surface area contributed by atoms with Crippen LogP contribution in [0.3, 0.4) is 0 Å². The molecule has 0 unspecified atom stereocenters. The number of rotatable bonds is 4. The number of pyridine rings is 1. The quantitative estimate of drug-likeness (QED) is 0.875. The lowest BCUT2D eigenvalue weighted by Gasteiger charge is -2.16. The Morgan fingerprint density at radius 2 is 2.11 bits per heavy atom. The Morgan fingerprint density at radius 3 is 2.67 bits per heavy atom. The predicted octanol–water partition coefficient (Wildman–Crippen LogP) is 2.25. The summed E-state index contributed by atoms with van der Waals surface area (Å²) in [6, 6.07) is 2.90. The molecule has 1 aromatic heterocycles. The van der Waals surface area contributed by atoms with E-state index in [-0.39, 0.29) is 16.3 Å². The van der Waals surface area contributed by atoms with Crippen LogP contribution in [0.5, 0.6) is 0 Å². The van der Waals surface area contributed by atoms with Gasteiger partial charge in [-0.05, 0) is 12.1 Å². The van der Waals surface area contributed by atoms with Gasteiger partial charge in [-0.25, -0.2) is 9.78 Å². The maximum atomic E-state index is 11.6. The van der Waals surface area contributed by atoms with Gasteiger partial charge in [-0.2, -0.15) is 0 Å². The van der Waals surface area contributed by atoms with Gasteiger partial charge in [0.2, 0.25) is 5.91 Å². The minimum Gasteiger partial charge on any atom is -0.477 e. The number of amides is 1. The summed E-state index contributed by atoms with van der Waals surface area (Å²) in [5.74, 6) is -0.943. The van der Waals surface area contributed by atoms with Crippen LogP contribution in [0.2, 0.25) is 0 Å². The topological polar surface area (TPSA) is 79.3 Å². The molecule has 2 N–H and O–H groups in total. The molecule has 1 aromatic rings. The van der Waals surface area contributed by atoms with E-state index >= 15 is 0 Å². The fourth-order valence-corrected chi connectivity index (χ4v) is 1.74. The summed E-state index contributed by atoms with van der Waals surface area (Å²) < 4.78 is 0.0157. The number of nitrogens with one attached hydrogen (secondary N) is 1. The minimum atomic E-state index is -1.12. The molecule has 6 heteroatoms. The Kier molecular flexibility index (Phi) is 4.72. The van der Waals surface area contributed by atoms with Gasteiger partial charge in [0.1, 0.15) is 5.69 Å². The SMILES string of the molecule is CC(C)(C)SCC(=O)Nc1ccnc(C(=O)O)c1. The van der Waals surface area contributed by atoms with E-state index in [2.05, 4.69) is 10.3 Å². The molecule has 0 saturated heterocycles. The summed E-state index contributed by atoms with van der Waals surface area (Å²) in [5, 5.41) is 11.4. The van der Waals surface area contributed by atoms with E-state index in [4.69, 9.17) is 5.11 Å². The highest BCUT2D eigenvalue weighted by Gasteiger charge is 2.14. The lowest BCUT2D eigenvalue weighted by Crippen LogP contribution is -2.19. The molecule has 1 amide bonds. The van der Waals surface area contributed by atoms with Gasteiger partial charge in [0, 0.05) is 16.6 Å². The lowest BCUT2D eigenvalue weighted by molar-refractivity contribution is -0.113. The number of carboxylic acids is 1. The van der Waals surface area contributed by atoms with Gasteiger partial charge in [-0.3, -0.25) is 4.79 Å². The third-order valence-electron chi connectivity index (χ3n) is 1.90. The van der Waals surface area contributed by atoms with Crippen molar-refractivity contribution in [1.29, 1.82) is 0 Å². The van der Waals surface area contributed by atoms with Crippen LogP contribution in [0, 0.1) is 0 Å². The first kappa shape index (κ1) is 14.5. The lowest BCUT2D eigenvalue weighted by atomic mass is 10.3. The van der Waals surface area contributed by atoms with E-state index in [1.165, 1.54) is 24.0 Å². The maximum Gasteiger partial charge on any atom is 0.354 e. The number of carbonyl (C=O) groups is 2. The fourth-order valence-electron chi connectivity index (χ4n) is 1.10. The van der Waals surface area contributed by atoms with Crippen LogP contribution in [-0.2, 0) is 4.79 Å². The third-order valence-corrected chi connectivity index (χ3v) is 3.17. The van der Waals surface area contributed by atoms with E-state index in [1.807, 2.05) is 20.8 Å². The molecule has 0 aromatic carbocycles. The molecule has 0 fully saturated rings. The highest BCUT2D eigenvalue weighted by molar-refractivity contribution is 8.01. The zero-order valence-corrected chi connectivity index (χ0v) is 11.4. The number of aromatic carboxylic acids is 1. The largest absolute Gasteiger partial charge is 0.477 e. The molecule has 98 valence electrons. The van der Waals surface area contributed by atoms with Crippen molar-refractivity contribution < 1.29 is 14.7 Å². The summed E-state index contributed by atoms with van der Waals surface area (Å²) >= 11 is 1.53. The second-order valence-corrected chi connectivity index (χ2v) is 6.49. The number of nitrogens with zero attached hydrogens (tertiary/aromatic N) is 1. The highest BCUT2D eigenvalue weighted by Crippen LogP contribution is 2.23. The smallest absolute Gasteiger partial charge is 0.354 e. The first-order chi connectivity index (χ1) is 8.28. The van der Waals surface area contributed by atoms with Gasteiger partial charge < -0.3 is 10.4 Å². The molecule has 18 heavy (non-hydrogen) atoms. The van der Waals surface area contributed by atoms with Crippen molar-refractivity contribution in [3.8, 4) is 0 Å². The summed E-state index contributed by atoms with van der Waals surface area (Å²) in [6.45, 7) is 6.08. The summed E-state index contributed by atoms with van der Waals surface area (Å²) in [5.41, 5.74) is 0.359. The summed E-state index contributed by atoms with van der Waals surface area (Å²) in [7, 11) is 0. The van der Waals surface area contributed by atoms with Crippen molar-refractivity contribution in [2.24, 2.45) is 0 Å². The van der Waals surface area contributed by atoms with E-state index in [0.717, 1.165) is 0 Å². The van der Waals surface area contributed by atoms with Gasteiger partial charge >= 0.3 is 5.97 Å². The second-order valence-electron chi connectivity index (χ2n) is 4.68. The molecule has 0 spiro atoms. The van der Waals surface area contributed by atoms with E-state index in [1.54, 1.807) is 6.07 Å². The molecule has 0 aliphatic carbocycles. The van der Waals surface area contributed by atoms with E-state index in [9.17, 15) is 9.59 Å². The van der Waals surface area contributed by atoms with Crippen LogP contribution < -0.4 is 5.32 Å². The molecule has 1 heterocycles. The van der Waals surface area contributed by atoms with E-state index in [0.29, 0.717) is 11.4 Å². The third kappa shape index (κ3) is 5.18. The zero-order chi connectivity index (χ0) is 13.8. The molecule has 0 radical (unpaired) electrons. The van der Waals surface area contributed by atoms with Gasteiger partial charge in [0.25, 0.3) is 0 Å². The average Bonchev–Trinajstić information content (AvgIpc) is 2.26. The molecule has 5 nitrogen and oxygen atoms in total. The predicted molar refractivity (Wildman–Crippen MR) is 72.0 cm³/mol. The van der Waals surface area contributed by atoms with Gasteiger partial charge in [-0.1, -0.05) is 20.8 Å². The van der Waals surface area contributed by atoms with Crippen molar-refractivity contribution >= 4 is 29.3 Å². The number of carboxylic acid groups (broad SMARTS) is 1. The van der Waals surface area contributed by atoms with Crippen molar-refractivity contribution in [2.75, 3.05) is 11.1 Å². The molecule has 1 rings (SSSR count). The van der Waals surface area contributed by atoms with Gasteiger partial charge in [0.05, 0.1) is 5.75 Å². The van der Waals surface area contributed by atoms with Crippen LogP contribution in [-0.4, -0.2) is 32.5 Å². The Hall–Kier alpha value is -1.56. The Labute approximate surface area is 110 Å². The number of thioether (sulfide) groups is 1. The molecule has 0 atom stereocenters. The van der Waals surface area contributed by atoms with Crippen molar-refractivity contribution in [3.05, 3.63) is 24.0 Å². The summed E-state index contributed by atoms with van der Waals surface area (Å²) in [4.78, 5) is 26.0. The van der Waals surface area contributed by atoms with Gasteiger partial charge in [0.15, 0.2) is 0 Å². The Balaban J connectivity index is 2.59. The van der Waals surface area contributed by atoms with Crippen molar-refractivity contribution in [3.63, 3.8) is 0 Å². The number of hydrogen-bond donors (Lipinski definition) is 2. The van der Waals surface area contributed by atoms with Gasteiger partial charge in [-0.15, -0.1) is 11.8 Å². The Morgan fingerprint density at radius 1 is 1.44 bits per heavy atom. The maximum absolute atomic E-state index is 11.6. The van der Waals surface area contributed by atoms with Crippen LogP contribution >= 0.6 is 11.8 Å². The minimum absolute atomic E-state index is 0.0157. The first-order valence-corrected chi connectivity index (χ1v) is 6.39. The molecular formula is C12H16N2O3S. The molecule has 0 bridgehead atoms. The normalized spacial score (nSPS) is 11.1. The van der Waals surface area contributed by atoms with Crippen LogP contribution in [0.1, 0.15) is 31.3 Å². The monoisotopic (exact) mass is 268 g/mol. The van der Waals surface area contributed by atoms with Crippen molar-refractivity contribution in [2.45, 2.75) is 25.5 Å². The highest BCUT2D eigenvalue weighted by atomic mass is 32.2. The standard InChI is InChI=1S/C12H16N2O3S/c1-12(2,3)18-7-10(15)14-8-4-5-13-9(6-8)11(16)17/h4-6H,7H2,1-3H3,(H,16,17)(H,13,14,15). The second kappa shape index (κ2) is 5.86. The molecular weight excluding hydrogens is 252 g/mol. The Bertz CT molecular complexity index is 455. The number of anilines is 1. The average molecular weight is 268 g/mol. The van der Waals surface area contributed by atoms with Crippen LogP contribution in [0.15, 0.2) is 18.3 Å².